The molecule has 0 aliphatic carbocycles. The number of benzene rings is 2. The predicted octanol–water partition coefficient (Wildman–Crippen LogP) is 2.35. The van der Waals surface area contributed by atoms with Crippen molar-refractivity contribution in [2.45, 2.75) is 12.6 Å². The Hall–Kier alpha value is -5.49. The number of nitrogens with one attached hydrogen (secondary N) is 2. The van der Waals surface area contributed by atoms with Gasteiger partial charge in [0, 0.05) is 5.56 Å². The summed E-state index contributed by atoms with van der Waals surface area (Å²) in [6.45, 7) is 0.182. The minimum atomic E-state index is -1.00. The van der Waals surface area contributed by atoms with Gasteiger partial charge in [0.15, 0.2) is 17.7 Å². The number of carbonyl (C=O) groups is 1. The number of anilines is 3. The van der Waals surface area contributed by atoms with Crippen molar-refractivity contribution in [3.8, 4) is 23.8 Å². The first-order chi connectivity index (χ1) is 17.4. The van der Waals surface area contributed by atoms with Crippen LogP contribution in [0.5, 0.6) is 11.5 Å². The van der Waals surface area contributed by atoms with Crippen LogP contribution < -0.4 is 31.6 Å². The van der Waals surface area contributed by atoms with Crippen LogP contribution in [0.4, 0.5) is 17.3 Å². The molecule has 12 nitrogen and oxygen atoms in total. The smallest absolute Gasteiger partial charge is 0.335 e. The molecule has 3 aromatic rings. The average Bonchev–Trinajstić information content (AvgIpc) is 2.87. The Morgan fingerprint density at radius 2 is 1.94 bits per heavy atom. The van der Waals surface area contributed by atoms with E-state index in [2.05, 4.69) is 20.6 Å². The molecule has 180 valence electrons. The van der Waals surface area contributed by atoms with Crippen molar-refractivity contribution < 1.29 is 19.4 Å². The number of nitrogens with zero attached hydrogens (tertiary/aromatic N) is 4. The Kier molecular flexibility index (Phi) is 6.43. The zero-order valence-corrected chi connectivity index (χ0v) is 18.9. The number of hydrogen-bond acceptors (Lipinski definition) is 11. The van der Waals surface area contributed by atoms with Crippen molar-refractivity contribution in [3.63, 3.8) is 0 Å². The van der Waals surface area contributed by atoms with E-state index in [4.69, 9.17) is 31.3 Å². The number of carboxylic acids is 1. The molecule has 4 rings (SSSR count). The standard InChI is InChI=1S/C24H20N8O4/c1-35-17-8-14(6-7-16(17)36-10-12-2-4-13(5-3-12)23(33)34)20-18-19(27)15(9-25)21(28)31-22(18)32-24(30-20)29-11-26/h2-8,20H,10H2,1H3,(H,33,34)(H6,27,28,29,30,31,32). The molecule has 0 saturated carbocycles. The normalized spacial score (nSPS) is 13.8. The molecule has 0 saturated heterocycles. The number of aromatic carboxylic acids is 1. The summed E-state index contributed by atoms with van der Waals surface area (Å²) in [6.07, 6.45) is 1.80. The quantitative estimate of drug-likeness (QED) is 0.253. The molecule has 0 bridgehead atoms. The van der Waals surface area contributed by atoms with Gasteiger partial charge in [-0.25, -0.2) is 14.8 Å². The van der Waals surface area contributed by atoms with Gasteiger partial charge in [-0.05, 0) is 35.4 Å². The topological polar surface area (TPSA) is 205 Å². The van der Waals surface area contributed by atoms with E-state index in [0.29, 0.717) is 22.6 Å². The Bertz CT molecular complexity index is 1450. The first kappa shape index (κ1) is 23.7. The van der Waals surface area contributed by atoms with Gasteiger partial charge in [-0.3, -0.25) is 5.32 Å². The van der Waals surface area contributed by atoms with Crippen molar-refractivity contribution in [1.29, 1.82) is 10.5 Å². The van der Waals surface area contributed by atoms with Gasteiger partial charge in [-0.1, -0.05) is 18.2 Å². The molecule has 1 atom stereocenters. The zero-order chi connectivity index (χ0) is 25.8. The van der Waals surface area contributed by atoms with E-state index in [1.54, 1.807) is 36.5 Å². The van der Waals surface area contributed by atoms with E-state index in [0.717, 1.165) is 5.56 Å². The number of rotatable bonds is 6. The van der Waals surface area contributed by atoms with Gasteiger partial charge >= 0.3 is 5.97 Å². The van der Waals surface area contributed by atoms with Crippen molar-refractivity contribution in [2.24, 2.45) is 4.99 Å². The third-order valence-electron chi connectivity index (χ3n) is 5.46. The molecule has 1 aliphatic heterocycles. The number of ether oxygens (including phenoxy) is 2. The third-order valence-corrected chi connectivity index (χ3v) is 5.46. The molecule has 7 N–H and O–H groups in total. The summed E-state index contributed by atoms with van der Waals surface area (Å²) in [4.78, 5) is 19.8. The van der Waals surface area contributed by atoms with Crippen LogP contribution in [0.1, 0.15) is 38.7 Å². The highest BCUT2D eigenvalue weighted by Crippen LogP contribution is 2.42. The summed E-state index contributed by atoms with van der Waals surface area (Å²) in [7, 11) is 1.49. The summed E-state index contributed by atoms with van der Waals surface area (Å²) in [5.74, 6) is 0.202. The van der Waals surface area contributed by atoms with Gasteiger partial charge in [0.25, 0.3) is 0 Å². The van der Waals surface area contributed by atoms with Crippen LogP contribution >= 0.6 is 0 Å². The fourth-order valence-electron chi connectivity index (χ4n) is 3.70. The molecule has 1 aromatic heterocycles. The molecule has 12 heteroatoms. The number of aromatic nitrogens is 1. The number of carboxylic acid groups (broad SMARTS) is 1. The second-order valence-electron chi connectivity index (χ2n) is 7.60. The number of pyridine rings is 1. The fraction of sp³-hybridized carbons (Fsp3) is 0.125. The third kappa shape index (κ3) is 4.47. The molecule has 0 radical (unpaired) electrons. The maximum atomic E-state index is 11.0. The Labute approximate surface area is 205 Å². The molecular formula is C24H20N8O4. The molecule has 2 aromatic carbocycles. The van der Waals surface area contributed by atoms with Gasteiger partial charge in [-0.15, -0.1) is 0 Å². The minimum absolute atomic E-state index is 0.0354. The van der Waals surface area contributed by atoms with Gasteiger partial charge in [-0.2, -0.15) is 10.5 Å². The molecule has 1 aliphatic rings. The van der Waals surface area contributed by atoms with Crippen molar-refractivity contribution in [1.82, 2.24) is 10.3 Å². The van der Waals surface area contributed by atoms with Crippen molar-refractivity contribution >= 4 is 29.3 Å². The van der Waals surface area contributed by atoms with Crippen molar-refractivity contribution in [2.75, 3.05) is 23.9 Å². The van der Waals surface area contributed by atoms with Crippen molar-refractivity contribution in [3.05, 3.63) is 70.3 Å². The molecule has 0 fully saturated rings. The van der Waals surface area contributed by atoms with Crippen LogP contribution in [0.3, 0.4) is 0 Å². The summed E-state index contributed by atoms with van der Waals surface area (Å²) < 4.78 is 11.4. The lowest BCUT2D eigenvalue weighted by molar-refractivity contribution is 0.0697. The lowest BCUT2D eigenvalue weighted by atomic mass is 9.95. The van der Waals surface area contributed by atoms with Gasteiger partial charge in [0.1, 0.15) is 35.9 Å². The highest BCUT2D eigenvalue weighted by molar-refractivity contribution is 5.98. The van der Waals surface area contributed by atoms with E-state index >= 15 is 0 Å². The van der Waals surface area contributed by atoms with Gasteiger partial charge < -0.3 is 31.4 Å². The number of guanidine groups is 1. The monoisotopic (exact) mass is 484 g/mol. The fourth-order valence-corrected chi connectivity index (χ4v) is 3.70. The molecule has 0 amide bonds. The van der Waals surface area contributed by atoms with E-state index in [9.17, 15) is 10.1 Å². The minimum Gasteiger partial charge on any atom is -0.493 e. The lowest BCUT2D eigenvalue weighted by Gasteiger charge is -2.26. The van der Waals surface area contributed by atoms with Crippen LogP contribution in [0.2, 0.25) is 0 Å². The predicted molar refractivity (Wildman–Crippen MR) is 130 cm³/mol. The van der Waals surface area contributed by atoms with Crippen LogP contribution in [0, 0.1) is 22.8 Å². The SMILES string of the molecule is COc1cc(C2N=C(NC#N)Nc3nc(N)c(C#N)c(N)c32)ccc1OCc1ccc(C(=O)O)cc1. The van der Waals surface area contributed by atoms with E-state index in [1.165, 1.54) is 19.2 Å². The maximum absolute atomic E-state index is 11.0. The highest BCUT2D eigenvalue weighted by Gasteiger charge is 2.30. The molecule has 1 unspecified atom stereocenters. The van der Waals surface area contributed by atoms with Crippen LogP contribution in [0.25, 0.3) is 0 Å². The van der Waals surface area contributed by atoms with Crippen LogP contribution in [-0.4, -0.2) is 29.1 Å². The zero-order valence-electron chi connectivity index (χ0n) is 18.9. The molecule has 2 heterocycles. The Morgan fingerprint density at radius 1 is 1.19 bits per heavy atom. The molecule has 36 heavy (non-hydrogen) atoms. The van der Waals surface area contributed by atoms with E-state index in [-0.39, 0.29) is 41.0 Å². The molecular weight excluding hydrogens is 464 g/mol. The average molecular weight is 484 g/mol. The lowest BCUT2D eigenvalue weighted by Crippen LogP contribution is -2.32. The number of hydrogen-bond donors (Lipinski definition) is 5. The number of fused-ring (bicyclic) bond motifs is 1. The summed E-state index contributed by atoms with van der Waals surface area (Å²) in [5, 5.41) is 32.9. The summed E-state index contributed by atoms with van der Waals surface area (Å²) >= 11 is 0. The number of aliphatic imine (C=N–C) groups is 1. The first-order valence-corrected chi connectivity index (χ1v) is 10.5. The summed E-state index contributed by atoms with van der Waals surface area (Å²) in [6, 6.07) is 12.7. The number of nitrogen functional groups attached to an aromatic ring is 2. The largest absolute Gasteiger partial charge is 0.493 e. The van der Waals surface area contributed by atoms with Gasteiger partial charge in [0.05, 0.1) is 18.4 Å². The molecule has 0 spiro atoms. The Balaban J connectivity index is 1.68. The number of nitriles is 2. The van der Waals surface area contributed by atoms with E-state index < -0.39 is 12.0 Å². The summed E-state index contributed by atoms with van der Waals surface area (Å²) in [5.41, 5.74) is 14.3. The van der Waals surface area contributed by atoms with Crippen LogP contribution in [0.15, 0.2) is 47.5 Å². The second-order valence-corrected chi connectivity index (χ2v) is 7.60. The second kappa shape index (κ2) is 9.79. The number of methoxy groups -OCH3 is 1. The maximum Gasteiger partial charge on any atom is 0.335 e. The van der Waals surface area contributed by atoms with Gasteiger partial charge in [0.2, 0.25) is 5.96 Å². The van der Waals surface area contributed by atoms with Crippen LogP contribution in [-0.2, 0) is 6.61 Å². The highest BCUT2D eigenvalue weighted by atomic mass is 16.5. The number of nitrogens with two attached hydrogens (primary N) is 2. The van der Waals surface area contributed by atoms with E-state index in [1.807, 2.05) is 6.07 Å². The Morgan fingerprint density at radius 3 is 2.58 bits per heavy atom. The first-order valence-electron chi connectivity index (χ1n) is 10.5.